The monoisotopic (exact) mass is 270 g/mol. The first-order valence-electron chi connectivity index (χ1n) is 6.03. The molecule has 0 aliphatic rings. The summed E-state index contributed by atoms with van der Waals surface area (Å²) >= 11 is 0. The number of hydrogen-bond acceptors (Lipinski definition) is 3. The molecule has 0 aromatic heterocycles. The quantitative estimate of drug-likeness (QED) is 0.578. The lowest BCUT2D eigenvalue weighted by atomic mass is 10.2. The maximum atomic E-state index is 11.8. The molecule has 0 unspecified atom stereocenters. The Morgan fingerprint density at radius 1 is 0.950 bits per heavy atom. The molecule has 2 aromatic carbocycles. The molecule has 0 saturated heterocycles. The summed E-state index contributed by atoms with van der Waals surface area (Å²) in [5, 5.41) is 14.3. The zero-order chi connectivity index (χ0) is 14.5. The van der Waals surface area contributed by atoms with Crippen LogP contribution in [0.1, 0.15) is 5.56 Å². The molecule has 5 nitrogen and oxygen atoms in total. The number of para-hydroxylation sites is 1. The van der Waals surface area contributed by atoms with Crippen LogP contribution in [0.15, 0.2) is 48.5 Å². The largest absolute Gasteiger partial charge is 0.508 e. The van der Waals surface area contributed by atoms with Gasteiger partial charge in [0.05, 0.1) is 0 Å². The molecule has 0 heterocycles. The molecule has 3 N–H and O–H groups in total. The molecule has 2 rings (SSSR count). The van der Waals surface area contributed by atoms with Crippen LogP contribution < -0.4 is 10.6 Å². The van der Waals surface area contributed by atoms with Crippen molar-refractivity contribution in [3.63, 3.8) is 0 Å². The van der Waals surface area contributed by atoms with Crippen molar-refractivity contribution >= 4 is 23.2 Å². The van der Waals surface area contributed by atoms with Crippen molar-refractivity contribution in [1.29, 1.82) is 0 Å². The van der Waals surface area contributed by atoms with Gasteiger partial charge in [0.1, 0.15) is 5.75 Å². The van der Waals surface area contributed by atoms with Crippen LogP contribution in [0.3, 0.4) is 0 Å². The molecule has 0 fully saturated rings. The summed E-state index contributed by atoms with van der Waals surface area (Å²) in [6.07, 6.45) is 0. The Labute approximate surface area is 116 Å². The predicted octanol–water partition coefficient (Wildman–Crippen LogP) is 2.28. The van der Waals surface area contributed by atoms with Crippen molar-refractivity contribution in [2.75, 3.05) is 10.6 Å². The second-order valence-electron chi connectivity index (χ2n) is 4.27. The highest BCUT2D eigenvalue weighted by Crippen LogP contribution is 2.20. The van der Waals surface area contributed by atoms with Crippen molar-refractivity contribution in [2.45, 2.75) is 6.92 Å². The van der Waals surface area contributed by atoms with Gasteiger partial charge < -0.3 is 15.7 Å². The van der Waals surface area contributed by atoms with Crippen LogP contribution in [0, 0.1) is 6.92 Å². The zero-order valence-corrected chi connectivity index (χ0v) is 10.9. The van der Waals surface area contributed by atoms with Gasteiger partial charge in [-0.2, -0.15) is 0 Å². The number of rotatable bonds is 2. The fourth-order valence-electron chi connectivity index (χ4n) is 1.68. The van der Waals surface area contributed by atoms with E-state index in [1.807, 2.05) is 6.07 Å². The fraction of sp³-hybridized carbons (Fsp3) is 0.0667. The Hall–Kier alpha value is -2.82. The SMILES string of the molecule is Cc1cc(O)ccc1NC(=O)C(=O)Nc1ccccc1. The highest BCUT2D eigenvalue weighted by molar-refractivity contribution is 6.43. The topological polar surface area (TPSA) is 78.4 Å². The van der Waals surface area contributed by atoms with E-state index in [2.05, 4.69) is 10.6 Å². The normalized spacial score (nSPS) is 9.85. The van der Waals surface area contributed by atoms with E-state index >= 15 is 0 Å². The number of benzene rings is 2. The number of anilines is 2. The molecule has 0 radical (unpaired) electrons. The lowest BCUT2D eigenvalue weighted by Gasteiger charge is -2.09. The number of amides is 2. The zero-order valence-electron chi connectivity index (χ0n) is 10.9. The lowest BCUT2D eigenvalue weighted by Crippen LogP contribution is -2.29. The summed E-state index contributed by atoms with van der Waals surface area (Å²) in [7, 11) is 0. The van der Waals surface area contributed by atoms with E-state index in [1.54, 1.807) is 37.3 Å². The van der Waals surface area contributed by atoms with E-state index in [0.717, 1.165) is 0 Å². The number of phenols is 1. The fourth-order valence-corrected chi connectivity index (χ4v) is 1.68. The van der Waals surface area contributed by atoms with Gasteiger partial charge in [0.25, 0.3) is 0 Å². The Morgan fingerprint density at radius 2 is 1.60 bits per heavy atom. The minimum absolute atomic E-state index is 0.106. The number of phenolic OH excluding ortho intramolecular Hbond substituents is 1. The van der Waals surface area contributed by atoms with Crippen molar-refractivity contribution in [3.05, 3.63) is 54.1 Å². The van der Waals surface area contributed by atoms with Crippen molar-refractivity contribution < 1.29 is 14.7 Å². The Morgan fingerprint density at radius 3 is 2.25 bits per heavy atom. The molecule has 0 atom stereocenters. The van der Waals surface area contributed by atoms with Crippen LogP contribution in [0.2, 0.25) is 0 Å². The van der Waals surface area contributed by atoms with Gasteiger partial charge >= 0.3 is 11.8 Å². The third-order valence-electron chi connectivity index (χ3n) is 2.70. The first kappa shape index (κ1) is 13.6. The van der Waals surface area contributed by atoms with Crippen molar-refractivity contribution in [1.82, 2.24) is 0 Å². The van der Waals surface area contributed by atoms with Crippen molar-refractivity contribution in [3.8, 4) is 5.75 Å². The molecule has 102 valence electrons. The average Bonchev–Trinajstić information content (AvgIpc) is 2.43. The molecule has 0 bridgehead atoms. The van der Waals surface area contributed by atoms with Crippen LogP contribution in [-0.2, 0) is 9.59 Å². The number of carbonyl (C=O) groups excluding carboxylic acids is 2. The predicted molar refractivity (Wildman–Crippen MR) is 76.5 cm³/mol. The van der Waals surface area contributed by atoms with E-state index in [0.29, 0.717) is 16.9 Å². The van der Waals surface area contributed by atoms with Gasteiger partial charge in [0, 0.05) is 11.4 Å². The van der Waals surface area contributed by atoms with Gasteiger partial charge in [-0.25, -0.2) is 0 Å². The second kappa shape index (κ2) is 5.88. The standard InChI is InChI=1S/C15H14N2O3/c1-10-9-12(18)7-8-13(10)17-15(20)14(19)16-11-5-3-2-4-6-11/h2-9,18H,1H3,(H,16,19)(H,17,20). The number of nitrogens with one attached hydrogen (secondary N) is 2. The molecule has 0 spiro atoms. The smallest absolute Gasteiger partial charge is 0.314 e. The highest BCUT2D eigenvalue weighted by Gasteiger charge is 2.14. The van der Waals surface area contributed by atoms with Crippen LogP contribution >= 0.6 is 0 Å². The van der Waals surface area contributed by atoms with Crippen LogP contribution in [0.5, 0.6) is 5.75 Å². The van der Waals surface area contributed by atoms with Crippen LogP contribution in [0.4, 0.5) is 11.4 Å². The van der Waals surface area contributed by atoms with E-state index < -0.39 is 11.8 Å². The summed E-state index contributed by atoms with van der Waals surface area (Å²) in [5.74, 6) is -1.40. The van der Waals surface area contributed by atoms with Gasteiger partial charge in [-0.1, -0.05) is 18.2 Å². The minimum atomic E-state index is -0.761. The molecule has 20 heavy (non-hydrogen) atoms. The average molecular weight is 270 g/mol. The molecule has 2 aromatic rings. The Bertz CT molecular complexity index is 639. The molecule has 0 saturated carbocycles. The number of aromatic hydroxyl groups is 1. The first-order chi connectivity index (χ1) is 9.56. The summed E-state index contributed by atoms with van der Waals surface area (Å²) < 4.78 is 0. The third-order valence-corrected chi connectivity index (χ3v) is 2.70. The maximum absolute atomic E-state index is 11.8. The maximum Gasteiger partial charge on any atom is 0.314 e. The minimum Gasteiger partial charge on any atom is -0.508 e. The molecule has 0 aliphatic carbocycles. The number of hydrogen-bond donors (Lipinski definition) is 3. The van der Waals surface area contributed by atoms with E-state index in [4.69, 9.17) is 0 Å². The Kier molecular flexibility index (Phi) is 4.00. The molecule has 2 amide bonds. The molecule has 0 aliphatic heterocycles. The third kappa shape index (κ3) is 3.35. The van der Waals surface area contributed by atoms with E-state index in [9.17, 15) is 14.7 Å². The summed E-state index contributed by atoms with van der Waals surface area (Å²) in [4.78, 5) is 23.5. The van der Waals surface area contributed by atoms with Crippen LogP contribution in [0.25, 0.3) is 0 Å². The lowest BCUT2D eigenvalue weighted by molar-refractivity contribution is -0.133. The van der Waals surface area contributed by atoms with Gasteiger partial charge in [-0.15, -0.1) is 0 Å². The van der Waals surface area contributed by atoms with Gasteiger partial charge in [-0.05, 0) is 42.8 Å². The molecular weight excluding hydrogens is 256 g/mol. The van der Waals surface area contributed by atoms with E-state index in [1.165, 1.54) is 12.1 Å². The van der Waals surface area contributed by atoms with Crippen LogP contribution in [-0.4, -0.2) is 16.9 Å². The van der Waals surface area contributed by atoms with E-state index in [-0.39, 0.29) is 5.75 Å². The summed E-state index contributed by atoms with van der Waals surface area (Å²) in [6.45, 7) is 1.73. The summed E-state index contributed by atoms with van der Waals surface area (Å²) in [5.41, 5.74) is 1.71. The molecular formula is C15H14N2O3. The summed E-state index contributed by atoms with van der Waals surface area (Å²) in [6, 6.07) is 13.2. The van der Waals surface area contributed by atoms with Gasteiger partial charge in [0.15, 0.2) is 0 Å². The number of aryl methyl sites for hydroxylation is 1. The van der Waals surface area contributed by atoms with Gasteiger partial charge in [-0.3, -0.25) is 9.59 Å². The Balaban J connectivity index is 2.03. The molecule has 5 heteroatoms. The first-order valence-corrected chi connectivity index (χ1v) is 6.03. The second-order valence-corrected chi connectivity index (χ2v) is 4.27. The van der Waals surface area contributed by atoms with Gasteiger partial charge in [0.2, 0.25) is 0 Å². The highest BCUT2D eigenvalue weighted by atomic mass is 16.3. The van der Waals surface area contributed by atoms with Crippen molar-refractivity contribution in [2.24, 2.45) is 0 Å². The number of carbonyl (C=O) groups is 2.